The highest BCUT2D eigenvalue weighted by molar-refractivity contribution is 14.0. The van der Waals surface area contributed by atoms with Crippen LogP contribution in [0.3, 0.4) is 0 Å². The number of aliphatic imine (C=N–C) groups is 1. The van der Waals surface area contributed by atoms with E-state index in [1.807, 2.05) is 49.4 Å². The van der Waals surface area contributed by atoms with Crippen molar-refractivity contribution in [2.45, 2.75) is 13.5 Å². The van der Waals surface area contributed by atoms with Gasteiger partial charge in [0.2, 0.25) is 5.88 Å². The van der Waals surface area contributed by atoms with Gasteiger partial charge in [-0.15, -0.1) is 24.0 Å². The van der Waals surface area contributed by atoms with Crippen molar-refractivity contribution in [2.24, 2.45) is 4.99 Å². The van der Waals surface area contributed by atoms with E-state index >= 15 is 0 Å². The number of rotatable bonds is 9. The van der Waals surface area contributed by atoms with Gasteiger partial charge in [-0.3, -0.25) is 0 Å². The first-order chi connectivity index (χ1) is 12.7. The molecule has 2 N–H and O–H groups in total. The van der Waals surface area contributed by atoms with Crippen LogP contribution in [0.2, 0.25) is 0 Å². The average molecular weight is 486 g/mol. The molecular weight excluding hydrogens is 459 g/mol. The third-order valence-electron chi connectivity index (χ3n) is 3.46. The molecule has 0 fully saturated rings. The van der Waals surface area contributed by atoms with Crippen molar-refractivity contribution in [1.29, 1.82) is 0 Å². The molecule has 1 heterocycles. The second-order valence-electron chi connectivity index (χ2n) is 5.32. The molecule has 1 aromatic carbocycles. The Morgan fingerprint density at radius 1 is 1.00 bits per heavy atom. The predicted molar refractivity (Wildman–Crippen MR) is 118 cm³/mol. The second-order valence-corrected chi connectivity index (χ2v) is 5.32. The smallest absolute Gasteiger partial charge is 0.213 e. The van der Waals surface area contributed by atoms with E-state index in [2.05, 4.69) is 20.6 Å². The van der Waals surface area contributed by atoms with Crippen LogP contribution in [0, 0.1) is 0 Å². The van der Waals surface area contributed by atoms with E-state index < -0.39 is 0 Å². The van der Waals surface area contributed by atoms with Crippen LogP contribution >= 0.6 is 24.0 Å². The van der Waals surface area contributed by atoms with Crippen LogP contribution in [-0.2, 0) is 6.54 Å². The Labute approximate surface area is 177 Å². The molecule has 0 saturated heterocycles. The molecule has 2 aromatic rings. The number of ether oxygens (including phenoxy) is 3. The summed E-state index contributed by atoms with van der Waals surface area (Å²) in [6, 6.07) is 13.1. The summed E-state index contributed by atoms with van der Waals surface area (Å²) in [5.41, 5.74) is 0.844. The predicted octanol–water partition coefficient (Wildman–Crippen LogP) is 2.85. The lowest BCUT2D eigenvalue weighted by atomic mass is 10.3. The number of nitrogens with one attached hydrogen (secondary N) is 2. The highest BCUT2D eigenvalue weighted by Crippen LogP contribution is 2.16. The zero-order chi connectivity index (χ0) is 18.6. The summed E-state index contributed by atoms with van der Waals surface area (Å²) in [7, 11) is 3.24. The fourth-order valence-corrected chi connectivity index (χ4v) is 2.17. The Bertz CT molecular complexity index is 696. The van der Waals surface area contributed by atoms with Gasteiger partial charge in [-0.2, -0.15) is 0 Å². The van der Waals surface area contributed by atoms with E-state index in [1.165, 1.54) is 0 Å². The van der Waals surface area contributed by atoms with Gasteiger partial charge in [0, 0.05) is 12.6 Å². The second kappa shape index (κ2) is 13.0. The summed E-state index contributed by atoms with van der Waals surface area (Å²) in [4.78, 5) is 8.88. The molecule has 0 radical (unpaired) electrons. The maximum atomic E-state index is 5.70. The van der Waals surface area contributed by atoms with Crippen molar-refractivity contribution < 1.29 is 14.2 Å². The number of aromatic nitrogens is 1. The Morgan fingerprint density at radius 2 is 1.74 bits per heavy atom. The fourth-order valence-electron chi connectivity index (χ4n) is 2.17. The van der Waals surface area contributed by atoms with E-state index in [0.29, 0.717) is 25.6 Å². The SMILES string of the molecule is CCNC(=NCc1cccc(OC)n1)NCCOc1ccc(OC)cc1.I. The van der Waals surface area contributed by atoms with Crippen molar-refractivity contribution in [3.8, 4) is 17.4 Å². The van der Waals surface area contributed by atoms with E-state index in [4.69, 9.17) is 14.2 Å². The maximum Gasteiger partial charge on any atom is 0.213 e. The van der Waals surface area contributed by atoms with E-state index in [-0.39, 0.29) is 24.0 Å². The molecule has 0 atom stereocenters. The van der Waals surface area contributed by atoms with Crippen molar-refractivity contribution in [3.05, 3.63) is 48.2 Å². The minimum Gasteiger partial charge on any atom is -0.497 e. The third-order valence-corrected chi connectivity index (χ3v) is 3.46. The number of hydrogen-bond donors (Lipinski definition) is 2. The van der Waals surface area contributed by atoms with Gasteiger partial charge in [0.25, 0.3) is 0 Å². The number of methoxy groups -OCH3 is 2. The number of halogens is 1. The first-order valence-corrected chi connectivity index (χ1v) is 8.54. The van der Waals surface area contributed by atoms with Crippen molar-refractivity contribution in [2.75, 3.05) is 33.9 Å². The van der Waals surface area contributed by atoms with Gasteiger partial charge in [0.05, 0.1) is 33.0 Å². The largest absolute Gasteiger partial charge is 0.497 e. The molecular formula is C19H27IN4O3. The molecule has 148 valence electrons. The standard InChI is InChI=1S/C19H26N4O3.HI/c1-4-20-19(22-14-15-6-5-7-18(23-15)25-3)21-12-13-26-17-10-8-16(24-2)9-11-17;/h5-11H,4,12-14H2,1-3H3,(H2,20,21,22);1H. The van der Waals surface area contributed by atoms with Gasteiger partial charge in [0.15, 0.2) is 5.96 Å². The molecule has 0 amide bonds. The zero-order valence-corrected chi connectivity index (χ0v) is 18.2. The minimum atomic E-state index is 0. The number of benzene rings is 1. The zero-order valence-electron chi connectivity index (χ0n) is 15.9. The molecule has 2 rings (SSSR count). The quantitative estimate of drug-likeness (QED) is 0.246. The molecule has 1 aromatic heterocycles. The van der Waals surface area contributed by atoms with E-state index in [9.17, 15) is 0 Å². The van der Waals surface area contributed by atoms with Gasteiger partial charge >= 0.3 is 0 Å². The summed E-state index contributed by atoms with van der Waals surface area (Å²) >= 11 is 0. The van der Waals surface area contributed by atoms with Crippen LogP contribution in [-0.4, -0.2) is 44.9 Å². The van der Waals surface area contributed by atoms with Crippen molar-refractivity contribution in [1.82, 2.24) is 15.6 Å². The maximum absolute atomic E-state index is 5.70. The van der Waals surface area contributed by atoms with Gasteiger partial charge in [-0.1, -0.05) is 6.07 Å². The van der Waals surface area contributed by atoms with E-state index in [1.54, 1.807) is 14.2 Å². The first kappa shape index (κ1) is 22.8. The van der Waals surface area contributed by atoms with E-state index in [0.717, 1.165) is 29.7 Å². The summed E-state index contributed by atoms with van der Waals surface area (Å²) in [5, 5.41) is 6.45. The number of guanidine groups is 1. The van der Waals surface area contributed by atoms with Crippen LogP contribution in [0.25, 0.3) is 0 Å². The molecule has 0 aliphatic carbocycles. The highest BCUT2D eigenvalue weighted by atomic mass is 127. The van der Waals surface area contributed by atoms with Crippen LogP contribution in [0.4, 0.5) is 0 Å². The first-order valence-electron chi connectivity index (χ1n) is 8.54. The van der Waals surface area contributed by atoms with Gasteiger partial charge < -0.3 is 24.8 Å². The normalized spacial score (nSPS) is 10.6. The van der Waals surface area contributed by atoms with Gasteiger partial charge in [0.1, 0.15) is 18.1 Å². The Morgan fingerprint density at radius 3 is 2.41 bits per heavy atom. The van der Waals surface area contributed by atoms with Gasteiger partial charge in [-0.25, -0.2) is 9.98 Å². The topological polar surface area (TPSA) is 77.0 Å². The van der Waals surface area contributed by atoms with Crippen LogP contribution in [0.5, 0.6) is 17.4 Å². The Kier molecular flexibility index (Phi) is 11.0. The fraction of sp³-hybridized carbons (Fsp3) is 0.368. The molecule has 0 saturated carbocycles. The number of hydrogen-bond acceptors (Lipinski definition) is 5. The monoisotopic (exact) mass is 486 g/mol. The van der Waals surface area contributed by atoms with Gasteiger partial charge in [-0.05, 0) is 37.3 Å². The Balaban J connectivity index is 0.00000364. The molecule has 0 aliphatic heterocycles. The molecule has 0 spiro atoms. The summed E-state index contributed by atoms with van der Waals surface area (Å²) < 4.78 is 16.0. The molecule has 8 heteroatoms. The lowest BCUT2D eigenvalue weighted by molar-refractivity contribution is 0.321. The van der Waals surface area contributed by atoms with Crippen molar-refractivity contribution in [3.63, 3.8) is 0 Å². The molecule has 0 unspecified atom stereocenters. The third kappa shape index (κ3) is 8.33. The van der Waals surface area contributed by atoms with Crippen LogP contribution < -0.4 is 24.8 Å². The lowest BCUT2D eigenvalue weighted by Gasteiger charge is -2.12. The molecule has 27 heavy (non-hydrogen) atoms. The Hall–Kier alpha value is -2.23. The summed E-state index contributed by atoms with van der Waals surface area (Å²) in [6.07, 6.45) is 0. The molecule has 0 bridgehead atoms. The molecule has 7 nitrogen and oxygen atoms in total. The lowest BCUT2D eigenvalue weighted by Crippen LogP contribution is -2.39. The van der Waals surface area contributed by atoms with Crippen LogP contribution in [0.15, 0.2) is 47.5 Å². The highest BCUT2D eigenvalue weighted by Gasteiger charge is 2.01. The number of nitrogens with zero attached hydrogens (tertiary/aromatic N) is 2. The van der Waals surface area contributed by atoms with Crippen molar-refractivity contribution >= 4 is 29.9 Å². The average Bonchev–Trinajstić information content (AvgIpc) is 2.69. The number of pyridine rings is 1. The van der Waals surface area contributed by atoms with Crippen LogP contribution in [0.1, 0.15) is 12.6 Å². The minimum absolute atomic E-state index is 0. The summed E-state index contributed by atoms with van der Waals surface area (Å²) in [5.74, 6) is 2.91. The molecule has 0 aliphatic rings. The summed E-state index contributed by atoms with van der Waals surface area (Å²) in [6.45, 7) is 4.41.